The number of amides is 1. The van der Waals surface area contributed by atoms with Gasteiger partial charge in [-0.3, -0.25) is 9.10 Å². The van der Waals surface area contributed by atoms with Crippen molar-refractivity contribution in [2.75, 3.05) is 22.5 Å². The number of benzene rings is 2. The first-order valence-corrected chi connectivity index (χ1v) is 10.7. The fourth-order valence-corrected chi connectivity index (χ4v) is 4.13. The van der Waals surface area contributed by atoms with Crippen LogP contribution in [-0.4, -0.2) is 33.2 Å². The number of hydrogen-bond donors (Lipinski definition) is 1. The third-order valence-corrected chi connectivity index (χ3v) is 5.46. The number of hydrogen-bond acceptors (Lipinski definition) is 4. The Bertz CT molecular complexity index is 935. The Labute approximate surface area is 169 Å². The van der Waals surface area contributed by atoms with Gasteiger partial charge in [0.2, 0.25) is 15.9 Å². The lowest BCUT2D eigenvalue weighted by atomic mass is 10.2. The average Bonchev–Trinajstić information content (AvgIpc) is 2.58. The zero-order chi connectivity index (χ0) is 20.2. The summed E-state index contributed by atoms with van der Waals surface area (Å²) in [4.78, 5) is 12.8. The van der Waals surface area contributed by atoms with Crippen LogP contribution in [0.3, 0.4) is 0 Å². The SMILES string of the molecule is CCOc1ccccc1NC(=O)[C@@H](C)N(c1cc(Cl)ccc1Cl)S(C)(=O)=O. The van der Waals surface area contributed by atoms with Crippen LogP contribution in [0.15, 0.2) is 42.5 Å². The van der Waals surface area contributed by atoms with E-state index in [1.54, 1.807) is 24.3 Å². The molecule has 2 rings (SSSR count). The number of ether oxygens (including phenoxy) is 1. The van der Waals surface area contributed by atoms with E-state index < -0.39 is 22.0 Å². The number of sulfonamides is 1. The molecule has 27 heavy (non-hydrogen) atoms. The number of carbonyl (C=O) groups excluding carboxylic acids is 1. The third-order valence-electron chi connectivity index (χ3n) is 3.68. The third kappa shape index (κ3) is 5.28. The quantitative estimate of drug-likeness (QED) is 0.714. The second kappa shape index (κ2) is 8.82. The Kier molecular flexibility index (Phi) is 6.97. The van der Waals surface area contributed by atoms with Crippen molar-refractivity contribution in [1.29, 1.82) is 0 Å². The summed E-state index contributed by atoms with van der Waals surface area (Å²) in [5.41, 5.74) is 0.578. The minimum absolute atomic E-state index is 0.132. The van der Waals surface area contributed by atoms with Crippen LogP contribution in [0.5, 0.6) is 5.75 Å². The fourth-order valence-electron chi connectivity index (χ4n) is 2.52. The number of rotatable bonds is 7. The second-order valence-corrected chi connectivity index (χ2v) is 8.45. The maximum Gasteiger partial charge on any atom is 0.248 e. The molecular weight excluding hydrogens is 411 g/mol. The molecule has 0 bridgehead atoms. The highest BCUT2D eigenvalue weighted by molar-refractivity contribution is 7.92. The highest BCUT2D eigenvalue weighted by Crippen LogP contribution is 2.33. The van der Waals surface area contributed by atoms with Gasteiger partial charge in [0.15, 0.2) is 0 Å². The van der Waals surface area contributed by atoms with E-state index in [0.717, 1.165) is 10.6 Å². The van der Waals surface area contributed by atoms with E-state index in [4.69, 9.17) is 27.9 Å². The molecule has 9 heteroatoms. The number of para-hydroxylation sites is 2. The summed E-state index contributed by atoms with van der Waals surface area (Å²) in [5.74, 6) is -0.0455. The zero-order valence-corrected chi connectivity index (χ0v) is 17.4. The van der Waals surface area contributed by atoms with Crippen LogP contribution in [-0.2, 0) is 14.8 Å². The minimum Gasteiger partial charge on any atom is -0.492 e. The average molecular weight is 431 g/mol. The molecule has 146 valence electrons. The number of halogens is 2. The van der Waals surface area contributed by atoms with Gasteiger partial charge in [-0.25, -0.2) is 8.42 Å². The summed E-state index contributed by atoms with van der Waals surface area (Å²) >= 11 is 12.1. The summed E-state index contributed by atoms with van der Waals surface area (Å²) in [6.45, 7) is 3.72. The van der Waals surface area contributed by atoms with Crippen LogP contribution in [0.1, 0.15) is 13.8 Å². The van der Waals surface area contributed by atoms with Crippen molar-refractivity contribution in [3.05, 3.63) is 52.5 Å². The molecule has 2 aromatic rings. The Morgan fingerprint density at radius 3 is 2.52 bits per heavy atom. The number of anilines is 2. The molecule has 0 saturated carbocycles. The molecule has 0 aliphatic carbocycles. The van der Waals surface area contributed by atoms with Gasteiger partial charge in [-0.2, -0.15) is 0 Å². The van der Waals surface area contributed by atoms with Gasteiger partial charge >= 0.3 is 0 Å². The normalized spacial score (nSPS) is 12.3. The van der Waals surface area contributed by atoms with Gasteiger partial charge in [-0.05, 0) is 44.2 Å². The molecule has 0 unspecified atom stereocenters. The van der Waals surface area contributed by atoms with E-state index in [1.807, 2.05) is 6.92 Å². The van der Waals surface area contributed by atoms with Crippen molar-refractivity contribution < 1.29 is 17.9 Å². The molecular formula is C18H20Cl2N2O4S. The Hall–Kier alpha value is -1.96. The largest absolute Gasteiger partial charge is 0.492 e. The first-order chi connectivity index (χ1) is 12.6. The van der Waals surface area contributed by atoms with E-state index in [9.17, 15) is 13.2 Å². The highest BCUT2D eigenvalue weighted by atomic mass is 35.5. The number of nitrogens with zero attached hydrogens (tertiary/aromatic N) is 1. The van der Waals surface area contributed by atoms with Crippen molar-refractivity contribution in [2.45, 2.75) is 19.9 Å². The second-order valence-electron chi connectivity index (χ2n) is 5.75. The smallest absolute Gasteiger partial charge is 0.248 e. The van der Waals surface area contributed by atoms with Crippen molar-refractivity contribution in [2.24, 2.45) is 0 Å². The number of carbonyl (C=O) groups is 1. The molecule has 1 atom stereocenters. The van der Waals surface area contributed by atoms with Gasteiger partial charge in [0.1, 0.15) is 11.8 Å². The molecule has 1 N–H and O–H groups in total. The van der Waals surface area contributed by atoms with Gasteiger partial charge in [0.25, 0.3) is 0 Å². The summed E-state index contributed by atoms with van der Waals surface area (Å²) in [6.07, 6.45) is 1.00. The first kappa shape index (κ1) is 21.3. The standard InChI is InChI=1S/C18H20Cl2N2O4S/c1-4-26-17-8-6-5-7-15(17)21-18(23)12(2)22(27(3,24)25)16-11-13(19)9-10-14(16)20/h5-12H,4H2,1-3H3,(H,21,23)/t12-/m1/s1. The number of nitrogens with one attached hydrogen (secondary N) is 1. The molecule has 0 aliphatic rings. The van der Waals surface area contributed by atoms with Crippen LogP contribution in [0.4, 0.5) is 11.4 Å². The Morgan fingerprint density at radius 1 is 1.22 bits per heavy atom. The van der Waals surface area contributed by atoms with Gasteiger partial charge in [-0.15, -0.1) is 0 Å². The van der Waals surface area contributed by atoms with Crippen LogP contribution in [0.2, 0.25) is 10.0 Å². The molecule has 2 aromatic carbocycles. The van der Waals surface area contributed by atoms with Gasteiger partial charge in [0, 0.05) is 5.02 Å². The predicted octanol–water partition coefficient (Wildman–Crippen LogP) is 4.19. The zero-order valence-electron chi connectivity index (χ0n) is 15.1. The van der Waals surface area contributed by atoms with Crippen molar-refractivity contribution in [1.82, 2.24) is 0 Å². The summed E-state index contributed by atoms with van der Waals surface area (Å²) in [5, 5.41) is 3.17. The lowest BCUT2D eigenvalue weighted by Gasteiger charge is -2.29. The van der Waals surface area contributed by atoms with Gasteiger partial charge in [-0.1, -0.05) is 35.3 Å². The Morgan fingerprint density at radius 2 is 1.89 bits per heavy atom. The first-order valence-electron chi connectivity index (χ1n) is 8.12. The summed E-state index contributed by atoms with van der Waals surface area (Å²) in [7, 11) is -3.82. The van der Waals surface area contributed by atoms with Crippen molar-refractivity contribution in [3.8, 4) is 5.75 Å². The molecule has 0 aromatic heterocycles. The minimum atomic E-state index is -3.82. The molecule has 0 radical (unpaired) electrons. The van der Waals surface area contributed by atoms with E-state index >= 15 is 0 Å². The van der Waals surface area contributed by atoms with Crippen molar-refractivity contribution >= 4 is 50.5 Å². The van der Waals surface area contributed by atoms with Gasteiger partial charge < -0.3 is 10.1 Å². The molecule has 1 amide bonds. The monoisotopic (exact) mass is 430 g/mol. The lowest BCUT2D eigenvalue weighted by Crippen LogP contribution is -2.45. The highest BCUT2D eigenvalue weighted by Gasteiger charge is 2.31. The molecule has 0 fully saturated rings. The Balaban J connectivity index is 2.38. The topological polar surface area (TPSA) is 75.7 Å². The molecule has 0 aliphatic heterocycles. The summed E-state index contributed by atoms with van der Waals surface area (Å²) in [6, 6.07) is 10.2. The van der Waals surface area contributed by atoms with E-state index in [2.05, 4.69) is 5.32 Å². The summed E-state index contributed by atoms with van der Waals surface area (Å²) < 4.78 is 31.2. The molecule has 0 spiro atoms. The van der Waals surface area contributed by atoms with Crippen LogP contribution in [0.25, 0.3) is 0 Å². The van der Waals surface area contributed by atoms with Crippen LogP contribution < -0.4 is 14.4 Å². The van der Waals surface area contributed by atoms with Gasteiger partial charge in [0.05, 0.1) is 29.3 Å². The van der Waals surface area contributed by atoms with Crippen LogP contribution >= 0.6 is 23.2 Å². The molecule has 6 nitrogen and oxygen atoms in total. The van der Waals surface area contributed by atoms with E-state index in [0.29, 0.717) is 23.1 Å². The van der Waals surface area contributed by atoms with E-state index in [-0.39, 0.29) is 10.7 Å². The van der Waals surface area contributed by atoms with Crippen LogP contribution in [0, 0.1) is 0 Å². The predicted molar refractivity (Wildman–Crippen MR) is 109 cm³/mol. The lowest BCUT2D eigenvalue weighted by molar-refractivity contribution is -0.116. The molecule has 0 saturated heterocycles. The maximum atomic E-state index is 12.8. The molecule has 0 heterocycles. The van der Waals surface area contributed by atoms with Crippen molar-refractivity contribution in [3.63, 3.8) is 0 Å². The fraction of sp³-hybridized carbons (Fsp3) is 0.278. The van der Waals surface area contributed by atoms with E-state index in [1.165, 1.54) is 25.1 Å². The maximum absolute atomic E-state index is 12.8.